The molecule has 0 bridgehead atoms. The zero-order valence-electron chi connectivity index (χ0n) is 9.60. The number of ether oxygens (including phenoxy) is 1. The number of nitrogens with zero attached hydrogens (tertiary/aromatic N) is 1. The zero-order chi connectivity index (χ0) is 11.8. The molecule has 0 saturated heterocycles. The van der Waals surface area contributed by atoms with Crippen LogP contribution in [0.1, 0.15) is 28.5 Å². The van der Waals surface area contributed by atoms with Gasteiger partial charge in [0.1, 0.15) is 5.69 Å². The molecule has 0 amide bonds. The fraction of sp³-hybridized carbons (Fsp3) is 0.308. The van der Waals surface area contributed by atoms with Gasteiger partial charge >= 0.3 is 5.97 Å². The monoisotopic (exact) mass is 247 g/mol. The zero-order valence-corrected chi connectivity index (χ0v) is 10.4. The maximum Gasteiger partial charge on any atom is 0.355 e. The average molecular weight is 247 g/mol. The van der Waals surface area contributed by atoms with E-state index in [1.165, 1.54) is 16.6 Å². The first-order chi connectivity index (χ1) is 8.31. The molecule has 0 spiro atoms. The van der Waals surface area contributed by atoms with Gasteiger partial charge in [0.15, 0.2) is 0 Å². The Kier molecular flexibility index (Phi) is 2.59. The minimum absolute atomic E-state index is 0.238. The highest BCUT2D eigenvalue weighted by Crippen LogP contribution is 2.33. The molecular formula is C13H13NO2S. The Balaban J connectivity index is 2.22. The molecule has 2 aromatic heterocycles. The van der Waals surface area contributed by atoms with E-state index in [1.807, 2.05) is 41.4 Å². The van der Waals surface area contributed by atoms with Crippen LogP contribution in [-0.2, 0) is 16.2 Å². The van der Waals surface area contributed by atoms with Crippen LogP contribution >= 0.6 is 11.8 Å². The largest absolute Gasteiger partial charge is 0.461 e. The van der Waals surface area contributed by atoms with E-state index in [4.69, 9.17) is 4.74 Å². The molecule has 0 fully saturated rings. The minimum Gasteiger partial charge on any atom is -0.461 e. The van der Waals surface area contributed by atoms with E-state index in [0.717, 1.165) is 11.5 Å². The third-order valence-corrected chi connectivity index (χ3v) is 3.98. The predicted octanol–water partition coefficient (Wildman–Crippen LogP) is 2.86. The summed E-state index contributed by atoms with van der Waals surface area (Å²) in [5.74, 6) is 1.75. The molecule has 0 atom stereocenters. The van der Waals surface area contributed by atoms with Gasteiger partial charge in [-0.15, -0.1) is 0 Å². The molecular weight excluding hydrogens is 234 g/mol. The maximum atomic E-state index is 11.9. The molecule has 3 rings (SSSR count). The van der Waals surface area contributed by atoms with Gasteiger partial charge in [-0.25, -0.2) is 4.79 Å². The highest BCUT2D eigenvalue weighted by Gasteiger charge is 2.20. The molecule has 0 saturated carbocycles. The van der Waals surface area contributed by atoms with Crippen LogP contribution in [0.25, 0.3) is 5.52 Å². The Morgan fingerprint density at radius 1 is 1.47 bits per heavy atom. The average Bonchev–Trinajstić information content (AvgIpc) is 2.72. The van der Waals surface area contributed by atoms with Crippen LogP contribution < -0.4 is 0 Å². The van der Waals surface area contributed by atoms with Crippen molar-refractivity contribution in [3.8, 4) is 0 Å². The smallest absolute Gasteiger partial charge is 0.355 e. The summed E-state index contributed by atoms with van der Waals surface area (Å²) in [6.45, 7) is 2.24. The molecule has 4 heteroatoms. The molecule has 3 nitrogen and oxygen atoms in total. The Hall–Kier alpha value is -1.42. The number of carbonyl (C=O) groups is 1. The van der Waals surface area contributed by atoms with Gasteiger partial charge in [-0.1, -0.05) is 6.07 Å². The lowest BCUT2D eigenvalue weighted by atomic mass is 10.2. The Morgan fingerprint density at radius 2 is 2.29 bits per heavy atom. The summed E-state index contributed by atoms with van der Waals surface area (Å²) in [6, 6.07) is 6.07. The highest BCUT2D eigenvalue weighted by molar-refractivity contribution is 7.97. The quantitative estimate of drug-likeness (QED) is 0.764. The predicted molar refractivity (Wildman–Crippen MR) is 68.4 cm³/mol. The number of esters is 1. The Labute approximate surface area is 104 Å². The van der Waals surface area contributed by atoms with Crippen molar-refractivity contribution in [3.05, 3.63) is 41.2 Å². The first-order valence-electron chi connectivity index (χ1n) is 5.68. The molecule has 2 aromatic rings. The lowest BCUT2D eigenvalue weighted by Crippen LogP contribution is -2.08. The summed E-state index contributed by atoms with van der Waals surface area (Å²) >= 11 is 1.88. The van der Waals surface area contributed by atoms with Gasteiger partial charge in [-0.2, -0.15) is 11.8 Å². The third-order valence-electron chi connectivity index (χ3n) is 2.95. The van der Waals surface area contributed by atoms with Crippen molar-refractivity contribution in [1.29, 1.82) is 0 Å². The van der Waals surface area contributed by atoms with Gasteiger partial charge < -0.3 is 9.14 Å². The van der Waals surface area contributed by atoms with Crippen molar-refractivity contribution in [2.75, 3.05) is 6.61 Å². The van der Waals surface area contributed by atoms with Gasteiger partial charge in [-0.3, -0.25) is 0 Å². The maximum absolute atomic E-state index is 11.9. The van der Waals surface area contributed by atoms with Crippen LogP contribution in [0.3, 0.4) is 0 Å². The first-order valence-corrected chi connectivity index (χ1v) is 6.83. The topological polar surface area (TPSA) is 30.7 Å². The first kappa shape index (κ1) is 10.7. The molecule has 0 aromatic carbocycles. The van der Waals surface area contributed by atoms with Crippen molar-refractivity contribution in [1.82, 2.24) is 4.40 Å². The van der Waals surface area contributed by atoms with Crippen LogP contribution in [0.2, 0.25) is 0 Å². The summed E-state index contributed by atoms with van der Waals surface area (Å²) in [6.07, 6.45) is 1.94. The summed E-state index contributed by atoms with van der Waals surface area (Å²) in [5.41, 5.74) is 4.37. The number of rotatable bonds is 2. The molecule has 0 radical (unpaired) electrons. The fourth-order valence-electron chi connectivity index (χ4n) is 2.28. The van der Waals surface area contributed by atoms with Crippen molar-refractivity contribution in [2.45, 2.75) is 18.4 Å². The van der Waals surface area contributed by atoms with Crippen molar-refractivity contribution < 1.29 is 9.53 Å². The molecule has 88 valence electrons. The fourth-order valence-corrected chi connectivity index (χ4v) is 3.27. The third kappa shape index (κ3) is 1.63. The molecule has 1 aliphatic heterocycles. The van der Waals surface area contributed by atoms with E-state index in [0.29, 0.717) is 12.3 Å². The SMILES string of the molecule is CCOC(=O)c1cc2c3c(cccn13)CSC2. The molecule has 1 aliphatic rings. The number of hydrogen-bond donors (Lipinski definition) is 0. The van der Waals surface area contributed by atoms with Crippen LogP contribution in [0.5, 0.6) is 0 Å². The van der Waals surface area contributed by atoms with E-state index >= 15 is 0 Å². The van der Waals surface area contributed by atoms with Gasteiger partial charge in [0, 0.05) is 17.7 Å². The van der Waals surface area contributed by atoms with Gasteiger partial charge in [0.25, 0.3) is 0 Å². The normalized spacial score (nSPS) is 13.9. The number of carbonyl (C=O) groups excluding carboxylic acids is 1. The standard InChI is InChI=1S/C13H13NO2S/c1-2-16-13(15)11-6-10-8-17-7-9-4-3-5-14(11)12(9)10/h3-6H,2,7-8H2,1H3. The lowest BCUT2D eigenvalue weighted by Gasteiger charge is -2.12. The molecule has 17 heavy (non-hydrogen) atoms. The van der Waals surface area contributed by atoms with Crippen molar-refractivity contribution in [2.24, 2.45) is 0 Å². The lowest BCUT2D eigenvalue weighted by molar-refractivity contribution is 0.0518. The van der Waals surface area contributed by atoms with E-state index in [9.17, 15) is 4.79 Å². The van der Waals surface area contributed by atoms with Crippen LogP contribution in [-0.4, -0.2) is 17.0 Å². The van der Waals surface area contributed by atoms with Crippen LogP contribution in [0, 0.1) is 0 Å². The number of hydrogen-bond acceptors (Lipinski definition) is 3. The summed E-state index contributed by atoms with van der Waals surface area (Å²) < 4.78 is 7.05. The Morgan fingerprint density at radius 3 is 3.12 bits per heavy atom. The van der Waals surface area contributed by atoms with Crippen molar-refractivity contribution in [3.63, 3.8) is 0 Å². The van der Waals surface area contributed by atoms with Crippen LogP contribution in [0.15, 0.2) is 24.4 Å². The van der Waals surface area contributed by atoms with Gasteiger partial charge in [0.2, 0.25) is 0 Å². The molecule has 0 aliphatic carbocycles. The highest BCUT2D eigenvalue weighted by atomic mass is 32.2. The van der Waals surface area contributed by atoms with E-state index in [1.54, 1.807) is 0 Å². The van der Waals surface area contributed by atoms with Crippen LogP contribution in [0.4, 0.5) is 0 Å². The van der Waals surface area contributed by atoms with E-state index in [-0.39, 0.29) is 5.97 Å². The number of aromatic nitrogens is 1. The number of thioether (sulfide) groups is 1. The molecule has 3 heterocycles. The molecule has 0 unspecified atom stereocenters. The van der Waals surface area contributed by atoms with Gasteiger partial charge in [0.05, 0.1) is 12.1 Å². The second kappa shape index (κ2) is 4.11. The van der Waals surface area contributed by atoms with Gasteiger partial charge in [-0.05, 0) is 30.2 Å². The second-order valence-electron chi connectivity index (χ2n) is 4.02. The summed E-state index contributed by atoms with van der Waals surface area (Å²) in [5, 5.41) is 0. The molecule has 0 N–H and O–H groups in total. The minimum atomic E-state index is -0.238. The number of pyridine rings is 1. The van der Waals surface area contributed by atoms with E-state index < -0.39 is 0 Å². The summed E-state index contributed by atoms with van der Waals surface area (Å²) in [7, 11) is 0. The Bertz CT molecular complexity index is 588. The second-order valence-corrected chi connectivity index (χ2v) is 5.01. The summed E-state index contributed by atoms with van der Waals surface area (Å²) in [4.78, 5) is 11.9. The van der Waals surface area contributed by atoms with Crippen molar-refractivity contribution >= 4 is 23.2 Å². The van der Waals surface area contributed by atoms with E-state index in [2.05, 4.69) is 6.07 Å².